The van der Waals surface area contributed by atoms with E-state index in [1.54, 1.807) is 43.5 Å². The number of rotatable bonds is 3. The van der Waals surface area contributed by atoms with Crippen LogP contribution < -0.4 is 10.1 Å². The molecule has 0 bridgehead atoms. The molecule has 32 heavy (non-hydrogen) atoms. The summed E-state index contributed by atoms with van der Waals surface area (Å²) in [5.74, 6) is 6.16. The topological polar surface area (TPSA) is 55.4 Å². The molecule has 0 radical (unpaired) electrons. The van der Waals surface area contributed by atoms with Crippen molar-refractivity contribution in [1.82, 2.24) is 0 Å². The summed E-state index contributed by atoms with van der Waals surface area (Å²) in [6.45, 7) is 0. The molecular weight excluding hydrogens is 445 g/mol. The number of Topliss-reactive ketones (excluding diaryl/α,β-unsaturated/α-hetero) is 1. The SMILES string of the molecule is COc1ccc(CC#Cc2ccc3c(c2)C(=O)/C(=C\c2ccc(Cl)c(Cl)c2)C(=O)N3)cc1. The Morgan fingerprint density at radius 2 is 1.75 bits per heavy atom. The zero-order valence-electron chi connectivity index (χ0n) is 17.0. The number of ether oxygens (including phenoxy) is 1. The number of halogens is 2. The Morgan fingerprint density at radius 3 is 2.47 bits per heavy atom. The fourth-order valence-electron chi connectivity index (χ4n) is 3.25. The first-order valence-corrected chi connectivity index (χ1v) is 10.5. The van der Waals surface area contributed by atoms with Gasteiger partial charge in [0.1, 0.15) is 5.75 Å². The second kappa shape index (κ2) is 9.32. The molecule has 0 fully saturated rings. The number of amides is 1. The first-order chi connectivity index (χ1) is 15.4. The number of methoxy groups -OCH3 is 1. The van der Waals surface area contributed by atoms with Crippen LogP contribution in [0.1, 0.15) is 27.0 Å². The zero-order chi connectivity index (χ0) is 22.7. The van der Waals surface area contributed by atoms with Crippen LogP contribution in [-0.4, -0.2) is 18.8 Å². The Morgan fingerprint density at radius 1 is 0.969 bits per heavy atom. The maximum atomic E-state index is 13.0. The van der Waals surface area contributed by atoms with Gasteiger partial charge in [-0.25, -0.2) is 0 Å². The van der Waals surface area contributed by atoms with E-state index < -0.39 is 5.91 Å². The maximum Gasteiger partial charge on any atom is 0.259 e. The fourth-order valence-corrected chi connectivity index (χ4v) is 3.55. The van der Waals surface area contributed by atoms with Gasteiger partial charge < -0.3 is 10.1 Å². The second-order valence-electron chi connectivity index (χ2n) is 7.10. The molecule has 0 saturated carbocycles. The van der Waals surface area contributed by atoms with Gasteiger partial charge in [-0.15, -0.1) is 0 Å². The lowest BCUT2D eigenvalue weighted by molar-refractivity contribution is -0.112. The minimum absolute atomic E-state index is 0.0271. The minimum atomic E-state index is -0.466. The minimum Gasteiger partial charge on any atom is -0.497 e. The molecule has 0 saturated heterocycles. The van der Waals surface area contributed by atoms with Crippen LogP contribution in [0.5, 0.6) is 5.75 Å². The number of ketones is 1. The first kappa shape index (κ1) is 21.7. The number of anilines is 1. The average molecular weight is 462 g/mol. The van der Waals surface area contributed by atoms with E-state index in [2.05, 4.69) is 17.2 Å². The summed E-state index contributed by atoms with van der Waals surface area (Å²) in [6.07, 6.45) is 2.07. The highest BCUT2D eigenvalue weighted by Gasteiger charge is 2.28. The van der Waals surface area contributed by atoms with E-state index in [0.29, 0.717) is 38.8 Å². The number of hydrogen-bond acceptors (Lipinski definition) is 3. The molecule has 1 aliphatic rings. The van der Waals surface area contributed by atoms with E-state index >= 15 is 0 Å². The van der Waals surface area contributed by atoms with Crippen LogP contribution in [-0.2, 0) is 11.2 Å². The van der Waals surface area contributed by atoms with Gasteiger partial charge in [0.05, 0.1) is 28.4 Å². The van der Waals surface area contributed by atoms with Crippen molar-refractivity contribution < 1.29 is 14.3 Å². The predicted molar refractivity (Wildman–Crippen MR) is 127 cm³/mol. The molecule has 0 unspecified atom stereocenters. The molecular formula is C26H17Cl2NO3. The largest absolute Gasteiger partial charge is 0.497 e. The molecule has 4 nitrogen and oxygen atoms in total. The van der Waals surface area contributed by atoms with Crippen molar-refractivity contribution in [3.05, 3.63) is 98.5 Å². The smallest absolute Gasteiger partial charge is 0.259 e. The van der Waals surface area contributed by atoms with Crippen molar-refractivity contribution in [1.29, 1.82) is 0 Å². The van der Waals surface area contributed by atoms with E-state index in [4.69, 9.17) is 27.9 Å². The van der Waals surface area contributed by atoms with Crippen LogP contribution in [0.15, 0.2) is 66.2 Å². The predicted octanol–water partition coefficient (Wildman–Crippen LogP) is 5.81. The van der Waals surface area contributed by atoms with Crippen LogP contribution in [0.2, 0.25) is 10.0 Å². The van der Waals surface area contributed by atoms with Gasteiger partial charge in [-0.2, -0.15) is 0 Å². The van der Waals surface area contributed by atoms with E-state index in [9.17, 15) is 9.59 Å². The number of nitrogens with one attached hydrogen (secondary N) is 1. The van der Waals surface area contributed by atoms with E-state index in [1.807, 2.05) is 24.3 Å². The zero-order valence-corrected chi connectivity index (χ0v) is 18.6. The van der Waals surface area contributed by atoms with Crippen molar-refractivity contribution in [3.63, 3.8) is 0 Å². The number of benzene rings is 3. The van der Waals surface area contributed by atoms with Gasteiger partial charge in [-0.05, 0) is 59.7 Å². The van der Waals surface area contributed by atoms with Crippen molar-refractivity contribution in [2.45, 2.75) is 6.42 Å². The molecule has 1 heterocycles. The molecule has 1 aliphatic heterocycles. The number of carbonyl (C=O) groups is 2. The van der Waals surface area contributed by atoms with Crippen molar-refractivity contribution in [2.75, 3.05) is 12.4 Å². The second-order valence-corrected chi connectivity index (χ2v) is 7.92. The van der Waals surface area contributed by atoms with Gasteiger partial charge in [0.25, 0.3) is 5.91 Å². The van der Waals surface area contributed by atoms with E-state index in [-0.39, 0.29) is 11.4 Å². The van der Waals surface area contributed by atoms with Gasteiger partial charge in [0, 0.05) is 17.5 Å². The lowest BCUT2D eigenvalue weighted by Crippen LogP contribution is -2.27. The highest BCUT2D eigenvalue weighted by atomic mass is 35.5. The quantitative estimate of drug-likeness (QED) is 0.304. The Balaban J connectivity index is 1.58. The van der Waals surface area contributed by atoms with Crippen LogP contribution >= 0.6 is 23.2 Å². The first-order valence-electron chi connectivity index (χ1n) is 9.73. The molecule has 0 aliphatic carbocycles. The molecule has 0 aromatic heterocycles. The standard InChI is InChI=1S/C26H17Cl2NO3/c1-32-19-9-5-16(6-10-19)3-2-4-17-8-12-24-20(13-17)25(30)21(26(31)29-24)14-18-7-11-22(27)23(28)15-18/h5-15H,3H2,1H3,(H,29,31)/b21-14+. The number of hydrogen-bond donors (Lipinski definition) is 1. The maximum absolute atomic E-state index is 13.0. The molecule has 158 valence electrons. The molecule has 4 rings (SSSR count). The summed E-state index contributed by atoms with van der Waals surface area (Å²) in [6, 6.07) is 17.8. The fraction of sp³-hybridized carbons (Fsp3) is 0.0769. The van der Waals surface area contributed by atoms with Crippen molar-refractivity contribution in [2.24, 2.45) is 0 Å². The third-order valence-corrected chi connectivity index (χ3v) is 5.68. The van der Waals surface area contributed by atoms with Gasteiger partial charge in [0.2, 0.25) is 5.78 Å². The summed E-state index contributed by atoms with van der Waals surface area (Å²) >= 11 is 12.0. The Labute approximate surface area is 195 Å². The summed E-state index contributed by atoms with van der Waals surface area (Å²) in [5, 5.41) is 3.51. The number of carbonyl (C=O) groups excluding carboxylic acids is 2. The van der Waals surface area contributed by atoms with E-state index in [1.165, 1.54) is 6.08 Å². The monoisotopic (exact) mass is 461 g/mol. The van der Waals surface area contributed by atoms with Gasteiger partial charge in [0.15, 0.2) is 0 Å². The number of fused-ring (bicyclic) bond motifs is 1. The molecule has 0 atom stereocenters. The lowest BCUT2D eigenvalue weighted by atomic mass is 9.94. The van der Waals surface area contributed by atoms with Crippen LogP contribution in [0.4, 0.5) is 5.69 Å². The van der Waals surface area contributed by atoms with E-state index in [0.717, 1.165) is 11.3 Å². The highest BCUT2D eigenvalue weighted by molar-refractivity contribution is 6.42. The summed E-state index contributed by atoms with van der Waals surface area (Å²) in [7, 11) is 1.62. The van der Waals surface area contributed by atoms with Crippen LogP contribution in [0.25, 0.3) is 6.08 Å². The lowest BCUT2D eigenvalue weighted by Gasteiger charge is -2.18. The molecule has 3 aromatic rings. The van der Waals surface area contributed by atoms with Gasteiger partial charge >= 0.3 is 0 Å². The van der Waals surface area contributed by atoms with Crippen molar-refractivity contribution in [3.8, 4) is 17.6 Å². The van der Waals surface area contributed by atoms with Gasteiger partial charge in [-0.3, -0.25) is 9.59 Å². The Kier molecular flexibility index (Phi) is 6.32. The third-order valence-electron chi connectivity index (χ3n) is 4.94. The molecule has 1 amide bonds. The normalized spacial score (nSPS) is 13.8. The average Bonchev–Trinajstić information content (AvgIpc) is 2.80. The van der Waals surface area contributed by atoms with Crippen LogP contribution in [0.3, 0.4) is 0 Å². The molecule has 1 N–H and O–H groups in total. The van der Waals surface area contributed by atoms with Gasteiger partial charge in [-0.1, -0.05) is 53.2 Å². The van der Waals surface area contributed by atoms with Crippen LogP contribution in [0, 0.1) is 11.8 Å². The third kappa shape index (κ3) is 4.70. The molecule has 0 spiro atoms. The summed E-state index contributed by atoms with van der Waals surface area (Å²) < 4.78 is 5.16. The molecule has 3 aromatic carbocycles. The summed E-state index contributed by atoms with van der Waals surface area (Å²) in [4.78, 5) is 25.5. The summed E-state index contributed by atoms with van der Waals surface area (Å²) in [5.41, 5.74) is 3.25. The Hall–Kier alpha value is -3.52. The highest BCUT2D eigenvalue weighted by Crippen LogP contribution is 2.29. The Bertz CT molecular complexity index is 1320. The molecule has 6 heteroatoms. The van der Waals surface area contributed by atoms with Crippen molar-refractivity contribution >= 4 is 46.7 Å².